The minimum absolute atomic E-state index is 0.0292. The Morgan fingerprint density at radius 2 is 1.79 bits per heavy atom. The summed E-state index contributed by atoms with van der Waals surface area (Å²) in [6.07, 6.45) is 4.99. The summed E-state index contributed by atoms with van der Waals surface area (Å²) in [5, 5.41) is 1.69. The minimum atomic E-state index is -4.01. The maximum atomic E-state index is 13.9. The average Bonchev–Trinajstić information content (AvgIpc) is 3.56. The van der Waals surface area contributed by atoms with E-state index in [2.05, 4.69) is 14.9 Å². The van der Waals surface area contributed by atoms with E-state index in [0.717, 1.165) is 42.5 Å². The van der Waals surface area contributed by atoms with Gasteiger partial charge in [0.2, 0.25) is 0 Å². The number of methoxy groups -OCH3 is 1. The van der Waals surface area contributed by atoms with Crippen LogP contribution in [0.5, 0.6) is 5.75 Å². The number of ether oxygens (including phenoxy) is 2. The SMILES string of the molecule is COc1ccc(CN(c2cscn2)S(=O)(=O)c2cc(C)c(N(C)[C@H]3C[C@H]4CC[C@@H](C3)N4C(=O)OC(C)(C)C)cn2)cc1. The van der Waals surface area contributed by atoms with Crippen LogP contribution in [0.25, 0.3) is 0 Å². The quantitative estimate of drug-likeness (QED) is 0.323. The first-order chi connectivity index (χ1) is 19.9. The van der Waals surface area contributed by atoms with E-state index in [1.165, 1.54) is 15.6 Å². The van der Waals surface area contributed by atoms with E-state index in [0.29, 0.717) is 11.6 Å². The van der Waals surface area contributed by atoms with Crippen LogP contribution < -0.4 is 13.9 Å². The molecule has 2 aliphatic heterocycles. The van der Waals surface area contributed by atoms with E-state index in [4.69, 9.17) is 9.47 Å². The van der Waals surface area contributed by atoms with Crippen LogP contribution >= 0.6 is 11.3 Å². The van der Waals surface area contributed by atoms with Gasteiger partial charge in [-0.1, -0.05) is 12.1 Å². The molecule has 2 fully saturated rings. The van der Waals surface area contributed by atoms with Crippen LogP contribution in [-0.2, 0) is 21.3 Å². The number of nitrogens with zero attached hydrogens (tertiary/aromatic N) is 5. The Kier molecular flexibility index (Phi) is 8.39. The van der Waals surface area contributed by atoms with Crippen molar-refractivity contribution in [1.29, 1.82) is 0 Å². The Balaban J connectivity index is 1.35. The lowest BCUT2D eigenvalue weighted by Crippen LogP contribution is -2.53. The highest BCUT2D eigenvalue weighted by Crippen LogP contribution is 2.40. The van der Waals surface area contributed by atoms with Crippen molar-refractivity contribution in [3.8, 4) is 5.75 Å². The predicted molar refractivity (Wildman–Crippen MR) is 164 cm³/mol. The molecule has 1 aromatic carbocycles. The van der Waals surface area contributed by atoms with Crippen molar-refractivity contribution in [1.82, 2.24) is 14.9 Å². The molecule has 2 bridgehead atoms. The number of rotatable bonds is 8. The van der Waals surface area contributed by atoms with E-state index in [9.17, 15) is 13.2 Å². The molecular weight excluding hydrogens is 574 g/mol. The molecule has 0 spiro atoms. The van der Waals surface area contributed by atoms with Gasteiger partial charge in [0.25, 0.3) is 10.0 Å². The number of carbonyl (C=O) groups is 1. The standard InChI is InChI=1S/C30H39N5O5S2/c1-20-13-28(42(37,38)34(27-18-41-19-32-27)17-21-7-11-25(39-6)12-8-21)31-16-26(20)33(5)24-14-22-9-10-23(15-24)35(22)29(36)40-30(2,3)4/h7-8,11-13,16,18-19,22-24H,9-10,14-15,17H2,1-6H3/t22-,23+,24+. The molecule has 2 aromatic heterocycles. The first-order valence-corrected chi connectivity index (χ1v) is 16.5. The molecule has 10 nitrogen and oxygen atoms in total. The second kappa shape index (κ2) is 11.7. The fourth-order valence-electron chi connectivity index (χ4n) is 5.94. The summed E-state index contributed by atoms with van der Waals surface area (Å²) in [6, 6.07) is 9.38. The molecule has 226 valence electrons. The molecule has 1 amide bonds. The van der Waals surface area contributed by atoms with Crippen LogP contribution in [0.15, 0.2) is 52.4 Å². The molecule has 4 heterocycles. The van der Waals surface area contributed by atoms with Gasteiger partial charge in [0.1, 0.15) is 11.4 Å². The number of thiazole rings is 1. The number of aryl methyl sites for hydroxylation is 1. The van der Waals surface area contributed by atoms with Crippen LogP contribution in [0.2, 0.25) is 0 Å². The number of aromatic nitrogens is 2. The number of piperidine rings is 1. The molecule has 2 saturated heterocycles. The van der Waals surface area contributed by atoms with Crippen LogP contribution in [0.1, 0.15) is 57.6 Å². The van der Waals surface area contributed by atoms with Crippen LogP contribution in [0, 0.1) is 6.92 Å². The Labute approximate surface area is 252 Å². The molecule has 0 N–H and O–H groups in total. The van der Waals surface area contributed by atoms with Gasteiger partial charge in [0.15, 0.2) is 10.8 Å². The Morgan fingerprint density at radius 1 is 1.12 bits per heavy atom. The zero-order chi connectivity index (χ0) is 30.2. The van der Waals surface area contributed by atoms with Gasteiger partial charge in [0.05, 0.1) is 31.0 Å². The molecule has 0 radical (unpaired) electrons. The van der Waals surface area contributed by atoms with Crippen molar-refractivity contribution in [3.05, 3.63) is 58.5 Å². The summed E-state index contributed by atoms with van der Waals surface area (Å²) in [6.45, 7) is 7.69. The molecule has 12 heteroatoms. The van der Waals surface area contributed by atoms with Gasteiger partial charge in [0, 0.05) is 30.6 Å². The normalized spacial score (nSPS) is 20.3. The molecule has 0 aliphatic carbocycles. The van der Waals surface area contributed by atoms with Crippen molar-refractivity contribution < 1.29 is 22.7 Å². The average molecular weight is 614 g/mol. The number of hydrogen-bond acceptors (Lipinski definition) is 9. The monoisotopic (exact) mass is 613 g/mol. The molecular formula is C30H39N5O5S2. The number of carbonyl (C=O) groups excluding carboxylic acids is 1. The highest BCUT2D eigenvalue weighted by atomic mass is 32.2. The summed E-state index contributed by atoms with van der Waals surface area (Å²) in [7, 11) is -0.393. The number of benzene rings is 1. The van der Waals surface area contributed by atoms with Crippen molar-refractivity contribution in [2.24, 2.45) is 0 Å². The highest BCUT2D eigenvalue weighted by Gasteiger charge is 2.46. The van der Waals surface area contributed by atoms with Crippen LogP contribution in [0.4, 0.5) is 16.3 Å². The lowest BCUT2D eigenvalue weighted by Gasteiger charge is -2.43. The van der Waals surface area contributed by atoms with E-state index >= 15 is 0 Å². The van der Waals surface area contributed by atoms with Gasteiger partial charge in [-0.3, -0.25) is 0 Å². The van der Waals surface area contributed by atoms with Crippen molar-refractivity contribution in [2.45, 2.75) is 88.7 Å². The number of pyridine rings is 1. The Bertz CT molecular complexity index is 1490. The largest absolute Gasteiger partial charge is 0.497 e. The molecule has 0 saturated carbocycles. The van der Waals surface area contributed by atoms with Gasteiger partial charge in [-0.25, -0.2) is 19.1 Å². The number of hydrogen-bond donors (Lipinski definition) is 0. The zero-order valence-corrected chi connectivity index (χ0v) is 26.6. The number of sulfonamides is 1. The summed E-state index contributed by atoms with van der Waals surface area (Å²) in [5.74, 6) is 1.05. The van der Waals surface area contributed by atoms with Crippen molar-refractivity contribution in [3.63, 3.8) is 0 Å². The van der Waals surface area contributed by atoms with Crippen LogP contribution in [-0.4, -0.2) is 67.3 Å². The van der Waals surface area contributed by atoms with Crippen molar-refractivity contribution in [2.75, 3.05) is 23.4 Å². The number of fused-ring (bicyclic) bond motifs is 2. The second-order valence-corrected chi connectivity index (χ2v) is 14.6. The smallest absolute Gasteiger partial charge is 0.410 e. The van der Waals surface area contributed by atoms with Gasteiger partial charge >= 0.3 is 6.09 Å². The molecule has 42 heavy (non-hydrogen) atoms. The van der Waals surface area contributed by atoms with Gasteiger partial charge in [-0.2, -0.15) is 8.42 Å². The highest BCUT2D eigenvalue weighted by molar-refractivity contribution is 7.92. The minimum Gasteiger partial charge on any atom is -0.497 e. The molecule has 3 atom stereocenters. The molecule has 5 rings (SSSR count). The molecule has 0 unspecified atom stereocenters. The molecule has 2 aliphatic rings. The fraction of sp³-hybridized carbons (Fsp3) is 0.500. The lowest BCUT2D eigenvalue weighted by atomic mass is 9.96. The first kappa shape index (κ1) is 30.1. The van der Waals surface area contributed by atoms with Gasteiger partial charge < -0.3 is 19.3 Å². The third kappa shape index (κ3) is 6.19. The second-order valence-electron chi connectivity index (χ2n) is 12.0. The van der Waals surface area contributed by atoms with Gasteiger partial charge in [-0.15, -0.1) is 11.3 Å². The summed E-state index contributed by atoms with van der Waals surface area (Å²) >= 11 is 1.33. The maximum absolute atomic E-state index is 13.9. The lowest BCUT2D eigenvalue weighted by molar-refractivity contribution is 0.00598. The predicted octanol–water partition coefficient (Wildman–Crippen LogP) is 5.62. The van der Waals surface area contributed by atoms with E-state index in [-0.39, 0.29) is 35.8 Å². The topological polar surface area (TPSA) is 105 Å². The summed E-state index contributed by atoms with van der Waals surface area (Å²) in [5.41, 5.74) is 3.57. The van der Waals surface area contributed by atoms with E-state index in [1.54, 1.807) is 42.4 Å². The molecule has 3 aromatic rings. The number of anilines is 2. The first-order valence-electron chi connectivity index (χ1n) is 14.1. The fourth-order valence-corrected chi connectivity index (χ4v) is 7.94. The summed E-state index contributed by atoms with van der Waals surface area (Å²) < 4.78 is 40.1. The summed E-state index contributed by atoms with van der Waals surface area (Å²) in [4.78, 5) is 25.8. The third-order valence-electron chi connectivity index (χ3n) is 8.01. The number of amides is 1. The Morgan fingerprint density at radius 3 is 2.33 bits per heavy atom. The Hall–Kier alpha value is -3.38. The third-order valence-corrected chi connectivity index (χ3v) is 10.2. The van der Waals surface area contributed by atoms with E-state index < -0.39 is 15.6 Å². The zero-order valence-electron chi connectivity index (χ0n) is 25.0. The van der Waals surface area contributed by atoms with Crippen molar-refractivity contribution >= 4 is 39.0 Å². The maximum Gasteiger partial charge on any atom is 0.410 e. The van der Waals surface area contributed by atoms with Crippen LogP contribution in [0.3, 0.4) is 0 Å². The van der Waals surface area contributed by atoms with Gasteiger partial charge in [-0.05, 0) is 82.7 Å². The van der Waals surface area contributed by atoms with E-state index in [1.807, 2.05) is 51.8 Å².